The number of nitrogens with one attached hydrogen (secondary N) is 3. The SMILES string of the molecule is CC(C)(C)c1cccc(NC(=O)Nc2ccc3c(c2)CCNC3)c1.Cl. The molecule has 0 fully saturated rings. The summed E-state index contributed by atoms with van der Waals surface area (Å²) >= 11 is 0. The van der Waals surface area contributed by atoms with E-state index < -0.39 is 0 Å². The first kappa shape index (κ1) is 19.3. The Kier molecular flexibility index (Phi) is 6.09. The summed E-state index contributed by atoms with van der Waals surface area (Å²) in [6, 6.07) is 13.9. The largest absolute Gasteiger partial charge is 0.323 e. The molecule has 0 saturated carbocycles. The summed E-state index contributed by atoms with van der Waals surface area (Å²) in [6.07, 6.45) is 1.00. The van der Waals surface area contributed by atoms with Crippen LogP contribution in [0.1, 0.15) is 37.5 Å². The number of fused-ring (bicyclic) bond motifs is 1. The minimum absolute atomic E-state index is 0. The minimum atomic E-state index is -0.213. The highest BCUT2D eigenvalue weighted by atomic mass is 35.5. The highest BCUT2D eigenvalue weighted by Crippen LogP contribution is 2.25. The van der Waals surface area contributed by atoms with Gasteiger partial charge in [-0.1, -0.05) is 39.0 Å². The van der Waals surface area contributed by atoms with Gasteiger partial charge in [-0.2, -0.15) is 0 Å². The van der Waals surface area contributed by atoms with E-state index in [0.29, 0.717) is 0 Å². The summed E-state index contributed by atoms with van der Waals surface area (Å²) in [4.78, 5) is 12.3. The van der Waals surface area contributed by atoms with Gasteiger partial charge in [0, 0.05) is 17.9 Å². The maximum atomic E-state index is 12.3. The number of hydrogen-bond donors (Lipinski definition) is 3. The number of amides is 2. The summed E-state index contributed by atoms with van der Waals surface area (Å²) in [6.45, 7) is 8.38. The molecule has 0 unspecified atom stereocenters. The van der Waals surface area contributed by atoms with E-state index in [4.69, 9.17) is 0 Å². The van der Waals surface area contributed by atoms with Crippen LogP contribution in [0.25, 0.3) is 0 Å². The molecule has 1 heterocycles. The third kappa shape index (κ3) is 4.97. The van der Waals surface area contributed by atoms with Gasteiger partial charge in [-0.15, -0.1) is 12.4 Å². The van der Waals surface area contributed by atoms with Gasteiger partial charge in [-0.05, 0) is 59.3 Å². The lowest BCUT2D eigenvalue weighted by Gasteiger charge is -2.20. The molecule has 2 amide bonds. The fraction of sp³-hybridized carbons (Fsp3) is 0.350. The minimum Gasteiger partial charge on any atom is -0.312 e. The third-order valence-electron chi connectivity index (χ3n) is 4.34. The quantitative estimate of drug-likeness (QED) is 0.728. The van der Waals surface area contributed by atoms with Gasteiger partial charge in [0.2, 0.25) is 0 Å². The van der Waals surface area contributed by atoms with Crippen molar-refractivity contribution in [3.8, 4) is 0 Å². The second kappa shape index (κ2) is 7.89. The maximum Gasteiger partial charge on any atom is 0.323 e. The predicted octanol–water partition coefficient (Wildman–Crippen LogP) is 4.70. The predicted molar refractivity (Wildman–Crippen MR) is 107 cm³/mol. The Labute approximate surface area is 155 Å². The van der Waals surface area contributed by atoms with Gasteiger partial charge in [-0.3, -0.25) is 0 Å². The summed E-state index contributed by atoms with van der Waals surface area (Å²) < 4.78 is 0. The molecular weight excluding hydrogens is 334 g/mol. The highest BCUT2D eigenvalue weighted by Gasteiger charge is 2.14. The van der Waals surface area contributed by atoms with Crippen molar-refractivity contribution in [2.75, 3.05) is 17.2 Å². The molecule has 4 nitrogen and oxygen atoms in total. The van der Waals surface area contributed by atoms with Crippen LogP contribution in [0.3, 0.4) is 0 Å². The van der Waals surface area contributed by atoms with E-state index in [1.807, 2.05) is 24.3 Å². The molecule has 2 aromatic rings. The number of hydrogen-bond acceptors (Lipinski definition) is 2. The lowest BCUT2D eigenvalue weighted by molar-refractivity contribution is 0.262. The monoisotopic (exact) mass is 359 g/mol. The van der Waals surface area contributed by atoms with E-state index >= 15 is 0 Å². The van der Waals surface area contributed by atoms with Crippen molar-refractivity contribution in [1.82, 2.24) is 5.32 Å². The smallest absolute Gasteiger partial charge is 0.312 e. The van der Waals surface area contributed by atoms with E-state index in [1.54, 1.807) is 0 Å². The van der Waals surface area contributed by atoms with Crippen LogP contribution in [-0.2, 0) is 18.4 Å². The number of halogens is 1. The number of carbonyl (C=O) groups is 1. The molecule has 134 valence electrons. The van der Waals surface area contributed by atoms with E-state index in [0.717, 1.165) is 30.9 Å². The van der Waals surface area contributed by atoms with Gasteiger partial charge in [0.1, 0.15) is 0 Å². The highest BCUT2D eigenvalue weighted by molar-refractivity contribution is 5.99. The van der Waals surface area contributed by atoms with E-state index in [1.165, 1.54) is 16.7 Å². The van der Waals surface area contributed by atoms with E-state index in [-0.39, 0.29) is 23.9 Å². The number of carbonyl (C=O) groups excluding carboxylic acids is 1. The zero-order chi connectivity index (χ0) is 17.2. The summed E-state index contributed by atoms with van der Waals surface area (Å²) in [5.74, 6) is 0. The Hall–Kier alpha value is -2.04. The Morgan fingerprint density at radius 2 is 1.72 bits per heavy atom. The Balaban J connectivity index is 0.00000225. The maximum absolute atomic E-state index is 12.3. The molecule has 0 aromatic heterocycles. The van der Waals surface area contributed by atoms with Gasteiger partial charge < -0.3 is 16.0 Å². The van der Waals surface area contributed by atoms with Crippen molar-refractivity contribution in [2.45, 2.75) is 39.2 Å². The molecule has 0 spiro atoms. The number of urea groups is 1. The molecule has 1 aliphatic heterocycles. The molecule has 0 atom stereocenters. The first-order chi connectivity index (χ1) is 11.4. The second-order valence-electron chi connectivity index (χ2n) is 7.32. The van der Waals surface area contributed by atoms with Crippen LogP contribution < -0.4 is 16.0 Å². The molecule has 3 rings (SSSR count). The molecule has 25 heavy (non-hydrogen) atoms. The summed E-state index contributed by atoms with van der Waals surface area (Å²) in [5.41, 5.74) is 5.51. The van der Waals surface area contributed by atoms with Gasteiger partial charge in [0.05, 0.1) is 0 Å². The first-order valence-electron chi connectivity index (χ1n) is 8.43. The van der Waals surface area contributed by atoms with Crippen LogP contribution in [0.4, 0.5) is 16.2 Å². The number of anilines is 2. The Morgan fingerprint density at radius 3 is 2.44 bits per heavy atom. The van der Waals surface area contributed by atoms with Crippen molar-refractivity contribution in [2.24, 2.45) is 0 Å². The molecular formula is C20H26ClN3O. The zero-order valence-electron chi connectivity index (χ0n) is 15.0. The Bertz CT molecular complexity index is 753. The van der Waals surface area contributed by atoms with Gasteiger partial charge in [0.25, 0.3) is 0 Å². The van der Waals surface area contributed by atoms with Crippen LogP contribution in [0.15, 0.2) is 42.5 Å². The molecule has 0 saturated heterocycles. The van der Waals surface area contributed by atoms with Crippen molar-refractivity contribution < 1.29 is 4.79 Å². The van der Waals surface area contributed by atoms with Crippen LogP contribution >= 0.6 is 12.4 Å². The molecule has 5 heteroatoms. The van der Waals surface area contributed by atoms with E-state index in [2.05, 4.69) is 54.9 Å². The molecule has 2 aromatic carbocycles. The summed E-state index contributed by atoms with van der Waals surface area (Å²) in [7, 11) is 0. The van der Waals surface area contributed by atoms with Crippen molar-refractivity contribution in [3.05, 3.63) is 59.2 Å². The number of benzene rings is 2. The molecule has 0 radical (unpaired) electrons. The van der Waals surface area contributed by atoms with Gasteiger partial charge in [0.15, 0.2) is 0 Å². The molecule has 0 bridgehead atoms. The second-order valence-corrected chi connectivity index (χ2v) is 7.32. The lowest BCUT2D eigenvalue weighted by atomic mass is 9.87. The average Bonchev–Trinajstić information content (AvgIpc) is 2.54. The average molecular weight is 360 g/mol. The number of rotatable bonds is 2. The van der Waals surface area contributed by atoms with Crippen LogP contribution in [-0.4, -0.2) is 12.6 Å². The first-order valence-corrected chi connectivity index (χ1v) is 8.43. The molecule has 0 aliphatic carbocycles. The van der Waals surface area contributed by atoms with Crippen molar-refractivity contribution >= 4 is 29.8 Å². The topological polar surface area (TPSA) is 53.2 Å². The van der Waals surface area contributed by atoms with Crippen LogP contribution in [0, 0.1) is 0 Å². The normalized spacial score (nSPS) is 13.4. The van der Waals surface area contributed by atoms with Crippen LogP contribution in [0.2, 0.25) is 0 Å². The summed E-state index contributed by atoms with van der Waals surface area (Å²) in [5, 5.41) is 9.20. The standard InChI is InChI=1S/C20H25N3O.ClH/c1-20(2,3)16-5-4-6-17(12-16)22-19(24)23-18-8-7-15-13-21-10-9-14(15)11-18;/h4-8,11-12,21H,9-10,13H2,1-3H3,(H2,22,23,24);1H. The molecule has 1 aliphatic rings. The van der Waals surface area contributed by atoms with Crippen molar-refractivity contribution in [1.29, 1.82) is 0 Å². The molecule has 3 N–H and O–H groups in total. The van der Waals surface area contributed by atoms with Crippen LogP contribution in [0.5, 0.6) is 0 Å². The lowest BCUT2D eigenvalue weighted by Crippen LogP contribution is -2.24. The Morgan fingerprint density at radius 1 is 1.00 bits per heavy atom. The zero-order valence-corrected chi connectivity index (χ0v) is 15.8. The fourth-order valence-corrected chi connectivity index (χ4v) is 2.91. The van der Waals surface area contributed by atoms with Crippen molar-refractivity contribution in [3.63, 3.8) is 0 Å². The third-order valence-corrected chi connectivity index (χ3v) is 4.34. The fourth-order valence-electron chi connectivity index (χ4n) is 2.91. The van der Waals surface area contributed by atoms with Gasteiger partial charge >= 0.3 is 6.03 Å². The van der Waals surface area contributed by atoms with E-state index in [9.17, 15) is 4.79 Å². The van der Waals surface area contributed by atoms with Gasteiger partial charge in [-0.25, -0.2) is 4.79 Å².